The van der Waals surface area contributed by atoms with Crippen molar-refractivity contribution < 1.29 is 23.7 Å². The van der Waals surface area contributed by atoms with E-state index < -0.39 is 0 Å². The summed E-state index contributed by atoms with van der Waals surface area (Å²) in [6, 6.07) is 7.34. The Hall–Kier alpha value is -2.78. The van der Waals surface area contributed by atoms with Gasteiger partial charge in [-0.2, -0.15) is 5.10 Å². The molecule has 0 unspecified atom stereocenters. The Labute approximate surface area is 186 Å². The molecule has 2 heterocycles. The largest absolute Gasteiger partial charge is 0.490 e. The second kappa shape index (κ2) is 11.6. The van der Waals surface area contributed by atoms with Crippen LogP contribution in [0.15, 0.2) is 29.4 Å². The Kier molecular flexibility index (Phi) is 8.54. The first kappa shape index (κ1) is 22.9. The maximum absolute atomic E-state index is 12.7. The minimum Gasteiger partial charge on any atom is -0.490 e. The first-order valence-corrected chi connectivity index (χ1v) is 11.3. The maximum Gasteiger partial charge on any atom is 0.271 e. The second-order valence-corrected chi connectivity index (χ2v) is 7.67. The molecule has 3 rings (SSSR count). The van der Waals surface area contributed by atoms with Crippen LogP contribution in [0.4, 0.5) is 5.00 Å². The summed E-state index contributed by atoms with van der Waals surface area (Å²) in [7, 11) is 0. The number of hydrogen-bond donors (Lipinski definition) is 1. The molecule has 31 heavy (non-hydrogen) atoms. The van der Waals surface area contributed by atoms with Crippen molar-refractivity contribution in [3.63, 3.8) is 0 Å². The fourth-order valence-electron chi connectivity index (χ4n) is 3.10. The minimum atomic E-state index is -0.355. The lowest BCUT2D eigenvalue weighted by Gasteiger charge is -2.27. The summed E-state index contributed by atoms with van der Waals surface area (Å²) < 4.78 is 22.4. The molecule has 1 aromatic heterocycles. The fraction of sp³-hybridized carbons (Fsp3) is 0.455. The van der Waals surface area contributed by atoms with Crippen molar-refractivity contribution in [2.45, 2.75) is 20.8 Å². The van der Waals surface area contributed by atoms with Crippen molar-refractivity contribution in [1.29, 1.82) is 0 Å². The molecule has 168 valence electrons. The van der Waals surface area contributed by atoms with E-state index in [1.165, 1.54) is 5.00 Å². The first-order chi connectivity index (χ1) is 15.2. The molecule has 0 atom stereocenters. The summed E-state index contributed by atoms with van der Waals surface area (Å²) in [6.45, 7) is 10.2. The highest BCUT2D eigenvalue weighted by Gasteiger charge is 2.18. The molecule has 0 radical (unpaired) electrons. The molecule has 0 aliphatic carbocycles. The quantitative estimate of drug-likeness (QED) is 0.443. The maximum atomic E-state index is 12.7. The molecule has 0 bridgehead atoms. The average molecular weight is 448 g/mol. The predicted molar refractivity (Wildman–Crippen MR) is 122 cm³/mol. The smallest absolute Gasteiger partial charge is 0.271 e. The van der Waals surface area contributed by atoms with E-state index in [9.17, 15) is 4.79 Å². The summed E-state index contributed by atoms with van der Waals surface area (Å²) in [4.78, 5) is 15.9. The summed E-state index contributed by atoms with van der Waals surface area (Å²) >= 11 is 1.63. The highest BCUT2D eigenvalue weighted by atomic mass is 32.1. The van der Waals surface area contributed by atoms with Crippen LogP contribution in [0.1, 0.15) is 36.0 Å². The number of amides is 1. The van der Waals surface area contributed by atoms with Gasteiger partial charge in [-0.15, -0.1) is 11.3 Å². The van der Waals surface area contributed by atoms with Gasteiger partial charge < -0.3 is 23.8 Å². The van der Waals surface area contributed by atoms with E-state index in [2.05, 4.69) is 21.5 Å². The molecule has 1 saturated heterocycles. The minimum absolute atomic E-state index is 0.355. The van der Waals surface area contributed by atoms with E-state index in [4.69, 9.17) is 18.9 Å². The third-order valence-electron chi connectivity index (χ3n) is 4.46. The average Bonchev–Trinajstić information content (AvgIpc) is 3.25. The third kappa shape index (κ3) is 6.11. The van der Waals surface area contributed by atoms with Gasteiger partial charge in [-0.3, -0.25) is 4.79 Å². The van der Waals surface area contributed by atoms with Crippen LogP contribution >= 0.6 is 11.3 Å². The van der Waals surface area contributed by atoms with Gasteiger partial charge in [0.25, 0.3) is 5.91 Å². The molecule has 9 heteroatoms. The normalized spacial score (nSPS) is 14.0. The van der Waals surface area contributed by atoms with Gasteiger partial charge >= 0.3 is 0 Å². The lowest BCUT2D eigenvalue weighted by molar-refractivity contribution is 0.0954. The molecule has 1 aliphatic rings. The third-order valence-corrected chi connectivity index (χ3v) is 5.55. The van der Waals surface area contributed by atoms with E-state index in [1.54, 1.807) is 29.7 Å². The number of nitrogens with one attached hydrogen (secondary N) is 1. The number of rotatable bonds is 10. The van der Waals surface area contributed by atoms with Crippen molar-refractivity contribution in [2.75, 3.05) is 51.0 Å². The fourth-order valence-corrected chi connectivity index (χ4v) is 4.03. The van der Waals surface area contributed by atoms with Gasteiger partial charge in [-0.25, -0.2) is 5.43 Å². The molecule has 1 N–H and O–H groups in total. The monoisotopic (exact) mass is 447 g/mol. The Morgan fingerprint density at radius 2 is 1.74 bits per heavy atom. The first-order valence-electron chi connectivity index (χ1n) is 10.5. The Morgan fingerprint density at radius 3 is 2.35 bits per heavy atom. The van der Waals surface area contributed by atoms with Crippen LogP contribution < -0.4 is 24.5 Å². The van der Waals surface area contributed by atoms with E-state index in [0.717, 1.165) is 31.2 Å². The highest BCUT2D eigenvalue weighted by molar-refractivity contribution is 7.17. The predicted octanol–water partition coefficient (Wildman–Crippen LogP) is 3.54. The summed E-state index contributed by atoms with van der Waals surface area (Å²) in [5, 5.41) is 5.29. The van der Waals surface area contributed by atoms with E-state index >= 15 is 0 Å². The molecule has 1 fully saturated rings. The van der Waals surface area contributed by atoms with Crippen LogP contribution in [0.2, 0.25) is 0 Å². The SMILES string of the molecule is CCOc1cc(C(=O)NN=Cc2ccc(N3CCOCC3)s2)cc(OCC)c1OCC. The summed E-state index contributed by atoms with van der Waals surface area (Å²) in [6.07, 6.45) is 1.65. The number of ether oxygens (including phenoxy) is 4. The number of benzene rings is 1. The summed E-state index contributed by atoms with van der Waals surface area (Å²) in [5.41, 5.74) is 2.96. The van der Waals surface area contributed by atoms with Gasteiger partial charge in [-0.05, 0) is 45.0 Å². The lowest BCUT2D eigenvalue weighted by atomic mass is 10.1. The van der Waals surface area contributed by atoms with Crippen molar-refractivity contribution >= 4 is 28.5 Å². The number of morpholine rings is 1. The van der Waals surface area contributed by atoms with Crippen LogP contribution in [0.5, 0.6) is 17.2 Å². The molecule has 1 aliphatic heterocycles. The molecule has 1 aromatic carbocycles. The van der Waals surface area contributed by atoms with Crippen LogP contribution in [0.25, 0.3) is 0 Å². The van der Waals surface area contributed by atoms with Gasteiger partial charge in [0.2, 0.25) is 5.75 Å². The number of nitrogens with zero attached hydrogens (tertiary/aromatic N) is 2. The molecule has 1 amide bonds. The molecular formula is C22H29N3O5S. The molecule has 0 spiro atoms. The number of carbonyl (C=O) groups excluding carboxylic acids is 1. The second-order valence-electron chi connectivity index (χ2n) is 6.58. The van der Waals surface area contributed by atoms with Crippen molar-refractivity contribution in [1.82, 2.24) is 5.43 Å². The number of hydrogen-bond acceptors (Lipinski definition) is 8. The zero-order valence-corrected chi connectivity index (χ0v) is 19.0. The topological polar surface area (TPSA) is 81.6 Å². The van der Waals surface area contributed by atoms with Crippen LogP contribution in [-0.4, -0.2) is 58.2 Å². The molecule has 0 saturated carbocycles. The molecular weight excluding hydrogens is 418 g/mol. The highest BCUT2D eigenvalue weighted by Crippen LogP contribution is 2.39. The number of carbonyl (C=O) groups is 1. The van der Waals surface area contributed by atoms with E-state index in [0.29, 0.717) is 42.6 Å². The standard InChI is InChI=1S/C22H29N3O5S/c1-4-28-18-13-16(14-19(29-5-2)21(18)30-6-3)22(26)24-23-15-17-7-8-20(31-17)25-9-11-27-12-10-25/h7-8,13-15H,4-6,9-12H2,1-3H3,(H,24,26). The van der Waals surface area contributed by atoms with Crippen molar-refractivity contribution in [2.24, 2.45) is 5.10 Å². The van der Waals surface area contributed by atoms with Crippen LogP contribution in [0.3, 0.4) is 0 Å². The van der Waals surface area contributed by atoms with E-state index in [-0.39, 0.29) is 5.91 Å². The Morgan fingerprint density at radius 1 is 1.10 bits per heavy atom. The zero-order chi connectivity index (χ0) is 22.1. The van der Waals surface area contributed by atoms with E-state index in [1.807, 2.05) is 26.8 Å². The number of thiophene rings is 1. The Balaban J connectivity index is 1.70. The van der Waals surface area contributed by atoms with Gasteiger partial charge in [0, 0.05) is 23.5 Å². The van der Waals surface area contributed by atoms with Gasteiger partial charge in [-0.1, -0.05) is 0 Å². The van der Waals surface area contributed by atoms with Crippen molar-refractivity contribution in [3.8, 4) is 17.2 Å². The summed E-state index contributed by atoms with van der Waals surface area (Å²) in [5.74, 6) is 1.09. The molecule has 2 aromatic rings. The van der Waals surface area contributed by atoms with Crippen LogP contribution in [-0.2, 0) is 4.74 Å². The van der Waals surface area contributed by atoms with Crippen LogP contribution in [0, 0.1) is 0 Å². The Bertz CT molecular complexity index is 866. The molecule has 8 nitrogen and oxygen atoms in total. The zero-order valence-electron chi connectivity index (χ0n) is 18.2. The van der Waals surface area contributed by atoms with Gasteiger partial charge in [0.1, 0.15) is 0 Å². The van der Waals surface area contributed by atoms with Gasteiger partial charge in [0.05, 0.1) is 44.3 Å². The number of anilines is 1. The number of hydrazone groups is 1. The van der Waals surface area contributed by atoms with Crippen molar-refractivity contribution in [3.05, 3.63) is 34.7 Å². The lowest BCUT2D eigenvalue weighted by Crippen LogP contribution is -2.35. The van der Waals surface area contributed by atoms with Gasteiger partial charge in [0.15, 0.2) is 11.5 Å².